The van der Waals surface area contributed by atoms with Gasteiger partial charge >= 0.3 is 18.4 Å². The van der Waals surface area contributed by atoms with Gasteiger partial charge in [0.1, 0.15) is 23.4 Å². The molecule has 5 aliphatic heterocycles. The van der Waals surface area contributed by atoms with Gasteiger partial charge in [-0.15, -0.1) is 11.8 Å². The summed E-state index contributed by atoms with van der Waals surface area (Å²) in [7, 11) is -4.15. The number of hydrogen-bond donors (Lipinski definition) is 3. The third-order valence-corrected chi connectivity index (χ3v) is 17.5. The summed E-state index contributed by atoms with van der Waals surface area (Å²) in [6, 6.07) is 1.74. The number of nitrogens with one attached hydrogen (secondary N) is 3. The van der Waals surface area contributed by atoms with Crippen LogP contribution in [-0.4, -0.2) is 125 Å². The Morgan fingerprint density at radius 1 is 1.04 bits per heavy atom. The number of rotatable bonds is 10. The zero-order valence-corrected chi connectivity index (χ0v) is 40.2. The minimum atomic E-state index is -5.02. The Morgan fingerprint density at radius 2 is 1.78 bits per heavy atom. The maximum absolute atomic E-state index is 15.0. The Kier molecular flexibility index (Phi) is 14.2. The number of pyridine rings is 1. The molecule has 6 aliphatic rings. The van der Waals surface area contributed by atoms with E-state index in [1.807, 2.05) is 19.9 Å². The Morgan fingerprint density at radius 3 is 2.46 bits per heavy atom. The lowest BCUT2D eigenvalue weighted by Gasteiger charge is -2.37. The van der Waals surface area contributed by atoms with Gasteiger partial charge < -0.3 is 29.7 Å². The predicted octanol–water partition coefficient (Wildman–Crippen LogP) is 6.77. The number of fused-ring (bicyclic) bond motifs is 5. The van der Waals surface area contributed by atoms with Crippen molar-refractivity contribution in [3.05, 3.63) is 41.6 Å². The lowest BCUT2D eigenvalue weighted by Crippen LogP contribution is -2.58. The maximum atomic E-state index is 15.0. The normalized spacial score (nSPS) is 28.3. The molecule has 4 fully saturated rings. The van der Waals surface area contributed by atoms with E-state index in [-0.39, 0.29) is 74.9 Å². The summed E-state index contributed by atoms with van der Waals surface area (Å²) in [6.45, 7) is 4.49. The number of hydrogen-bond acceptors (Lipinski definition) is 12. The fourth-order valence-corrected chi connectivity index (χ4v) is 12.0. The second kappa shape index (κ2) is 19.2. The summed E-state index contributed by atoms with van der Waals surface area (Å²) in [4.78, 5) is 61.4. The van der Waals surface area contributed by atoms with Gasteiger partial charge in [0.25, 0.3) is 5.91 Å². The number of aryl methyl sites for hydroxylation is 1. The van der Waals surface area contributed by atoms with Crippen LogP contribution in [0.4, 0.5) is 31.1 Å². The molecule has 1 spiro atoms. The highest BCUT2D eigenvalue weighted by Gasteiger charge is 2.65. The number of carbonyl (C=O) groups excluding carboxylic acids is 4. The quantitative estimate of drug-likeness (QED) is 0.129. The number of nitrogens with zero attached hydrogens (tertiary/aromatic N) is 3. The molecule has 23 heteroatoms. The topological polar surface area (TPSA) is 186 Å². The molecule has 3 N–H and O–H groups in total. The summed E-state index contributed by atoms with van der Waals surface area (Å²) in [5.74, 6) is -2.93. The number of thioether (sulfide) groups is 1. The van der Waals surface area contributed by atoms with E-state index in [1.54, 1.807) is 12.1 Å². The number of sulfonamides is 1. The van der Waals surface area contributed by atoms with E-state index in [9.17, 15) is 40.8 Å². The van der Waals surface area contributed by atoms with Crippen molar-refractivity contribution in [3.8, 4) is 11.5 Å². The molecule has 380 valence electrons. The van der Waals surface area contributed by atoms with Crippen molar-refractivity contribution in [1.82, 2.24) is 30.1 Å². The number of allylic oxidation sites excluding steroid dienone is 1. The van der Waals surface area contributed by atoms with E-state index >= 15 is 13.2 Å². The molecule has 0 bridgehead atoms. The van der Waals surface area contributed by atoms with Gasteiger partial charge in [-0.3, -0.25) is 19.3 Å². The highest BCUT2D eigenvalue weighted by molar-refractivity contribution is 8.10. The monoisotopic (exact) mass is 1020 g/mol. The number of halogens is 6. The van der Waals surface area contributed by atoms with Gasteiger partial charge in [0.2, 0.25) is 21.8 Å². The molecular formula is C46H58F6N6O9S2. The first-order valence-corrected chi connectivity index (χ1v) is 25.9. The van der Waals surface area contributed by atoms with E-state index in [1.165, 1.54) is 28.9 Å². The minimum Gasteiger partial charge on any atom is -0.493 e. The first-order valence-electron chi connectivity index (χ1n) is 23.5. The zero-order chi connectivity index (χ0) is 49.7. The third kappa shape index (κ3) is 11.3. The van der Waals surface area contributed by atoms with Gasteiger partial charge in [-0.25, -0.2) is 22.9 Å². The number of aromatic nitrogens is 1. The molecule has 69 heavy (non-hydrogen) atoms. The van der Waals surface area contributed by atoms with E-state index in [0.29, 0.717) is 62.5 Å². The van der Waals surface area contributed by atoms with Gasteiger partial charge in [-0.2, -0.15) is 26.3 Å². The smallest absolute Gasteiger partial charge is 0.437 e. The Labute approximate surface area is 400 Å². The van der Waals surface area contributed by atoms with Gasteiger partial charge in [-0.05, 0) is 108 Å². The molecule has 3 saturated heterocycles. The van der Waals surface area contributed by atoms with Gasteiger partial charge in [-0.1, -0.05) is 38.8 Å². The van der Waals surface area contributed by atoms with Crippen LogP contribution in [-0.2, 0) is 41.7 Å². The molecule has 1 saturated carbocycles. The molecule has 0 unspecified atom stereocenters. The minimum absolute atomic E-state index is 0.00662. The van der Waals surface area contributed by atoms with Crippen LogP contribution in [0, 0.1) is 11.8 Å². The standard InChI is InChI=1S/C46H58F6N6O9S2/c1-27(2)23-66-41(62)54-33-9-7-5-4-6-8-10-35-45(68-35,40(61)56-69(63,64)42(3)17-18-42)55-38(59)34-22-43(25-58(34)39(33)60)16-13-30-31-21-29(11-12-32(31)53-37(36(30)67-43)46(50,51)52)65-24-28-14-19-57(20-15-28)26-44(47,48)49/h8,10-12,21,27-28,33-35H,4-7,9,13-20,22-26H2,1-3H3,(H,54,62)(H,55,59)(H,56,61)/b10-8-/t33-,34-,35-,43+,45-/m0/s1. The number of amides is 4. The molecule has 8 rings (SSSR count). The summed E-state index contributed by atoms with van der Waals surface area (Å²) < 4.78 is 129. The number of ether oxygens (including phenoxy) is 3. The van der Waals surface area contributed by atoms with Crippen molar-refractivity contribution >= 4 is 56.5 Å². The maximum Gasteiger partial charge on any atom is 0.437 e. The first kappa shape index (κ1) is 50.9. The number of likely N-dealkylation sites (tertiary alicyclic amines) is 1. The second-order valence-corrected chi connectivity index (χ2v) is 23.5. The lowest BCUT2D eigenvalue weighted by atomic mass is 9.87. The Bertz CT molecular complexity index is 2460. The summed E-state index contributed by atoms with van der Waals surface area (Å²) in [6.07, 6.45) is -2.90. The molecule has 1 aromatic heterocycles. The Hall–Kier alpha value is -4.51. The van der Waals surface area contributed by atoms with Crippen LogP contribution in [0.15, 0.2) is 30.4 Å². The molecule has 0 radical (unpaired) electrons. The molecule has 1 aromatic carbocycles. The molecule has 5 atom stereocenters. The van der Waals surface area contributed by atoms with Crippen LogP contribution in [0.5, 0.6) is 11.5 Å². The number of piperidine rings is 1. The molecule has 15 nitrogen and oxygen atoms in total. The largest absolute Gasteiger partial charge is 0.493 e. The van der Waals surface area contributed by atoms with Crippen molar-refractivity contribution in [1.29, 1.82) is 0 Å². The van der Waals surface area contributed by atoms with Gasteiger partial charge in [0.05, 0.1) is 41.8 Å². The second-order valence-electron chi connectivity index (χ2n) is 20.0. The van der Waals surface area contributed by atoms with Crippen LogP contribution in [0.25, 0.3) is 10.9 Å². The van der Waals surface area contributed by atoms with Gasteiger partial charge in [0, 0.05) is 17.4 Å². The van der Waals surface area contributed by atoms with Crippen molar-refractivity contribution in [2.75, 3.05) is 39.4 Å². The molecule has 1 aliphatic carbocycles. The van der Waals surface area contributed by atoms with Crippen molar-refractivity contribution < 1.29 is 68.1 Å². The summed E-state index contributed by atoms with van der Waals surface area (Å²) in [5, 5.41) is 5.02. The molecule has 2 aromatic rings. The molecule has 6 heterocycles. The first-order chi connectivity index (χ1) is 32.4. The lowest BCUT2D eigenvalue weighted by molar-refractivity contribution is -0.149. The summed E-state index contributed by atoms with van der Waals surface area (Å²) >= 11 is 1.01. The fraction of sp³-hybridized carbons (Fsp3) is 0.674. The van der Waals surface area contributed by atoms with Crippen LogP contribution < -0.4 is 24.8 Å². The number of benzene rings is 1. The number of alkyl carbamates (subject to hydrolysis) is 1. The van der Waals surface area contributed by atoms with Crippen LogP contribution in [0.2, 0.25) is 0 Å². The van der Waals surface area contributed by atoms with Crippen molar-refractivity contribution in [2.24, 2.45) is 11.8 Å². The fourth-order valence-electron chi connectivity index (χ4n) is 9.60. The average molecular weight is 1020 g/mol. The SMILES string of the molecule is CC(C)COC(=O)N[C@H]1CCCCC/C=C\[C@@H]2S[C@@]2(C(=O)NS(=O)(=O)C2(C)CC2)NC(=O)[C@@H]2C[C@]3(CCc4c(c(C(F)(F)F)nc5ccc(OCC6CCN(CC(F)(F)F)CC6)cc45)O3)CN2C1=O. The van der Waals surface area contributed by atoms with E-state index in [2.05, 4.69) is 20.3 Å². The highest BCUT2D eigenvalue weighted by atomic mass is 32.2. The number of alkyl halides is 6. The third-order valence-electron chi connectivity index (χ3n) is 14.0. The van der Waals surface area contributed by atoms with Crippen molar-refractivity contribution in [3.63, 3.8) is 0 Å². The molecule has 4 amide bonds. The summed E-state index contributed by atoms with van der Waals surface area (Å²) in [5.41, 5.74) is -2.76. The van der Waals surface area contributed by atoms with E-state index < -0.39 is 103 Å². The Balaban J connectivity index is 1.10. The predicted molar refractivity (Wildman–Crippen MR) is 242 cm³/mol. The zero-order valence-electron chi connectivity index (χ0n) is 38.6. The molecular weight excluding hydrogens is 959 g/mol. The van der Waals surface area contributed by atoms with Crippen LogP contribution in [0.3, 0.4) is 0 Å². The highest BCUT2D eigenvalue weighted by Crippen LogP contribution is 2.54. The van der Waals surface area contributed by atoms with Crippen LogP contribution in [0.1, 0.15) is 103 Å². The van der Waals surface area contributed by atoms with Gasteiger partial charge in [0.15, 0.2) is 16.3 Å². The van der Waals surface area contributed by atoms with E-state index in [4.69, 9.17) is 14.2 Å². The van der Waals surface area contributed by atoms with Crippen molar-refractivity contribution in [2.45, 2.75) is 143 Å². The van der Waals surface area contributed by atoms with Crippen LogP contribution >= 0.6 is 11.8 Å². The van der Waals surface area contributed by atoms with E-state index in [0.717, 1.165) is 11.8 Å². The number of carbonyl (C=O) groups is 4. The average Bonchev–Trinajstić information content (AvgIpc) is 4.17.